The van der Waals surface area contributed by atoms with Gasteiger partial charge in [-0.1, -0.05) is 30.3 Å². The van der Waals surface area contributed by atoms with Gasteiger partial charge in [-0.15, -0.1) is 0 Å². The molecule has 0 heterocycles. The van der Waals surface area contributed by atoms with E-state index in [-0.39, 0.29) is 12.1 Å². The highest BCUT2D eigenvalue weighted by molar-refractivity contribution is 6.02. The third kappa shape index (κ3) is 3.43. The summed E-state index contributed by atoms with van der Waals surface area (Å²) in [4.78, 5) is 4.30. The van der Waals surface area contributed by atoms with Gasteiger partial charge in [-0.25, -0.2) is 8.78 Å². The summed E-state index contributed by atoms with van der Waals surface area (Å²) >= 11 is 0. The minimum Gasteiger partial charge on any atom is -0.493 e. The van der Waals surface area contributed by atoms with E-state index in [0.717, 1.165) is 34.2 Å². The first-order valence-corrected chi connectivity index (χ1v) is 7.77. The number of fused-ring (bicyclic) bond motifs is 1. The number of hydrogen-bond donors (Lipinski definition) is 0. The van der Waals surface area contributed by atoms with Crippen LogP contribution in [0.5, 0.6) is 5.75 Å². The van der Waals surface area contributed by atoms with Crippen LogP contribution >= 0.6 is 0 Å². The maximum absolute atomic E-state index is 13.7. The summed E-state index contributed by atoms with van der Waals surface area (Å²) in [6.45, 7) is 2.52. The molecule has 0 unspecified atom stereocenters. The van der Waals surface area contributed by atoms with Gasteiger partial charge >= 0.3 is 0 Å². The SMILES string of the molecule is CCOc1ccc2ccccc2c1C=NCc1cc(F)ccc1F. The Morgan fingerprint density at radius 2 is 1.88 bits per heavy atom. The van der Waals surface area contributed by atoms with Crippen LogP contribution in [0.4, 0.5) is 8.78 Å². The first-order chi connectivity index (χ1) is 11.7. The number of ether oxygens (including phenoxy) is 1. The number of rotatable bonds is 5. The largest absolute Gasteiger partial charge is 0.493 e. The Labute approximate surface area is 139 Å². The Kier molecular flexibility index (Phi) is 4.85. The van der Waals surface area contributed by atoms with Crippen molar-refractivity contribution in [3.8, 4) is 5.75 Å². The van der Waals surface area contributed by atoms with Crippen LogP contribution < -0.4 is 4.74 Å². The molecule has 24 heavy (non-hydrogen) atoms. The van der Waals surface area contributed by atoms with Gasteiger partial charge in [-0.3, -0.25) is 4.99 Å². The fraction of sp³-hybridized carbons (Fsp3) is 0.150. The second-order valence-corrected chi connectivity index (χ2v) is 5.34. The number of nitrogens with zero attached hydrogens (tertiary/aromatic N) is 1. The van der Waals surface area contributed by atoms with E-state index in [1.54, 1.807) is 6.21 Å². The molecule has 0 radical (unpaired) electrons. The van der Waals surface area contributed by atoms with Crippen LogP contribution in [0.15, 0.2) is 59.6 Å². The van der Waals surface area contributed by atoms with Crippen LogP contribution in [0.3, 0.4) is 0 Å². The van der Waals surface area contributed by atoms with Crippen molar-refractivity contribution in [2.75, 3.05) is 6.61 Å². The highest BCUT2D eigenvalue weighted by atomic mass is 19.1. The monoisotopic (exact) mass is 325 g/mol. The highest BCUT2D eigenvalue weighted by Crippen LogP contribution is 2.27. The standard InChI is InChI=1S/C20H17F2NO/c1-2-24-20-10-7-14-5-3-4-6-17(14)18(20)13-23-12-15-11-16(21)8-9-19(15)22/h3-11,13H,2,12H2,1H3. The molecule has 0 atom stereocenters. The molecule has 2 nitrogen and oxygen atoms in total. The van der Waals surface area contributed by atoms with Crippen molar-refractivity contribution in [2.24, 2.45) is 4.99 Å². The van der Waals surface area contributed by atoms with Crippen molar-refractivity contribution in [3.63, 3.8) is 0 Å². The van der Waals surface area contributed by atoms with Crippen LogP contribution in [0.2, 0.25) is 0 Å². The van der Waals surface area contributed by atoms with E-state index in [2.05, 4.69) is 4.99 Å². The molecule has 0 aliphatic heterocycles. The zero-order chi connectivity index (χ0) is 16.9. The smallest absolute Gasteiger partial charge is 0.128 e. The lowest BCUT2D eigenvalue weighted by Crippen LogP contribution is -1.98. The van der Waals surface area contributed by atoms with E-state index in [1.165, 1.54) is 6.07 Å². The minimum absolute atomic E-state index is 0.0678. The predicted molar refractivity (Wildman–Crippen MR) is 92.8 cm³/mol. The van der Waals surface area contributed by atoms with Crippen LogP contribution in [-0.2, 0) is 6.54 Å². The third-order valence-electron chi connectivity index (χ3n) is 3.72. The average Bonchev–Trinajstić information content (AvgIpc) is 2.59. The molecule has 0 aliphatic carbocycles. The first kappa shape index (κ1) is 16.1. The van der Waals surface area contributed by atoms with E-state index in [1.807, 2.05) is 43.3 Å². The fourth-order valence-electron chi connectivity index (χ4n) is 2.59. The summed E-state index contributed by atoms with van der Waals surface area (Å²) in [5.74, 6) is -0.210. The van der Waals surface area contributed by atoms with Crippen LogP contribution in [0.25, 0.3) is 10.8 Å². The van der Waals surface area contributed by atoms with E-state index in [0.29, 0.717) is 6.61 Å². The van der Waals surface area contributed by atoms with Gasteiger partial charge in [0.15, 0.2) is 0 Å². The van der Waals surface area contributed by atoms with Gasteiger partial charge in [-0.2, -0.15) is 0 Å². The zero-order valence-corrected chi connectivity index (χ0v) is 13.3. The van der Waals surface area contributed by atoms with Crippen molar-refractivity contribution in [3.05, 3.63) is 77.4 Å². The molecule has 0 N–H and O–H groups in total. The predicted octanol–water partition coefficient (Wildman–Crippen LogP) is 5.14. The van der Waals surface area contributed by atoms with Crippen LogP contribution in [0, 0.1) is 11.6 Å². The lowest BCUT2D eigenvalue weighted by atomic mass is 10.0. The molecule has 0 saturated carbocycles. The van der Waals surface area contributed by atoms with Gasteiger partial charge in [0.25, 0.3) is 0 Å². The Morgan fingerprint density at radius 3 is 2.71 bits per heavy atom. The topological polar surface area (TPSA) is 21.6 Å². The van der Waals surface area contributed by atoms with Crippen LogP contribution in [0.1, 0.15) is 18.1 Å². The third-order valence-corrected chi connectivity index (χ3v) is 3.72. The quantitative estimate of drug-likeness (QED) is 0.596. The summed E-state index contributed by atoms with van der Waals surface area (Å²) < 4.78 is 32.6. The van der Waals surface area contributed by atoms with E-state index >= 15 is 0 Å². The molecule has 0 amide bonds. The van der Waals surface area contributed by atoms with Gasteiger partial charge in [0, 0.05) is 17.3 Å². The lowest BCUT2D eigenvalue weighted by molar-refractivity contribution is 0.340. The first-order valence-electron chi connectivity index (χ1n) is 7.77. The summed E-state index contributed by atoms with van der Waals surface area (Å²) in [5, 5.41) is 2.08. The summed E-state index contributed by atoms with van der Waals surface area (Å²) in [7, 11) is 0. The Hall–Kier alpha value is -2.75. The molecule has 3 aromatic rings. The molecule has 0 aromatic heterocycles. The van der Waals surface area contributed by atoms with Gasteiger partial charge in [0.1, 0.15) is 17.4 Å². The minimum atomic E-state index is -0.471. The number of halogens is 2. The highest BCUT2D eigenvalue weighted by Gasteiger charge is 2.07. The summed E-state index contributed by atoms with van der Waals surface area (Å²) in [5.41, 5.74) is 1.07. The maximum atomic E-state index is 13.7. The van der Waals surface area contributed by atoms with E-state index < -0.39 is 11.6 Å². The number of aliphatic imine (C=N–C) groups is 1. The van der Waals surface area contributed by atoms with E-state index in [9.17, 15) is 8.78 Å². The van der Waals surface area contributed by atoms with Gasteiger partial charge in [0.05, 0.1) is 13.2 Å². The number of benzene rings is 3. The fourth-order valence-corrected chi connectivity index (χ4v) is 2.59. The molecular weight excluding hydrogens is 308 g/mol. The maximum Gasteiger partial charge on any atom is 0.128 e. The number of hydrogen-bond acceptors (Lipinski definition) is 2. The normalized spacial score (nSPS) is 11.3. The Morgan fingerprint density at radius 1 is 1.04 bits per heavy atom. The molecule has 0 bridgehead atoms. The molecular formula is C20H17F2NO. The zero-order valence-electron chi connectivity index (χ0n) is 13.3. The average molecular weight is 325 g/mol. The summed E-state index contributed by atoms with van der Waals surface area (Å²) in [6.07, 6.45) is 1.66. The Bertz CT molecular complexity index is 890. The van der Waals surface area contributed by atoms with Crippen molar-refractivity contribution in [1.82, 2.24) is 0 Å². The second-order valence-electron chi connectivity index (χ2n) is 5.34. The molecule has 3 aromatic carbocycles. The molecule has 122 valence electrons. The second kappa shape index (κ2) is 7.21. The van der Waals surface area contributed by atoms with Crippen molar-refractivity contribution < 1.29 is 13.5 Å². The lowest BCUT2D eigenvalue weighted by Gasteiger charge is -2.10. The Balaban J connectivity index is 1.95. The molecule has 0 aliphatic rings. The molecule has 4 heteroatoms. The molecule has 3 rings (SSSR count). The van der Waals surface area contributed by atoms with Crippen molar-refractivity contribution in [1.29, 1.82) is 0 Å². The molecule has 0 saturated heterocycles. The molecule has 0 fully saturated rings. The van der Waals surface area contributed by atoms with Crippen LogP contribution in [-0.4, -0.2) is 12.8 Å². The van der Waals surface area contributed by atoms with Gasteiger partial charge in [0.2, 0.25) is 0 Å². The van der Waals surface area contributed by atoms with Gasteiger partial charge in [-0.05, 0) is 42.0 Å². The van der Waals surface area contributed by atoms with E-state index in [4.69, 9.17) is 4.74 Å². The van der Waals surface area contributed by atoms with Gasteiger partial charge < -0.3 is 4.74 Å². The summed E-state index contributed by atoms with van der Waals surface area (Å²) in [6, 6.07) is 15.2. The van der Waals surface area contributed by atoms with Crippen molar-refractivity contribution in [2.45, 2.75) is 13.5 Å². The molecule has 0 spiro atoms. The van der Waals surface area contributed by atoms with Crippen molar-refractivity contribution >= 4 is 17.0 Å².